The summed E-state index contributed by atoms with van der Waals surface area (Å²) in [4.78, 5) is 9.57. The van der Waals surface area contributed by atoms with Crippen molar-refractivity contribution < 1.29 is 4.79 Å². The molecule has 0 aliphatic carbocycles. The van der Waals surface area contributed by atoms with Crippen LogP contribution in [0.2, 0.25) is 0 Å². The Morgan fingerprint density at radius 1 is 1.38 bits per heavy atom. The quantitative estimate of drug-likeness (QED) is 0.484. The highest BCUT2D eigenvalue weighted by molar-refractivity contribution is 7.98. The molecule has 0 unspecified atom stereocenters. The molecule has 0 spiro atoms. The average molecular weight is 206 g/mol. The summed E-state index contributed by atoms with van der Waals surface area (Å²) in [7, 11) is 1.97. The van der Waals surface area contributed by atoms with Crippen molar-refractivity contribution in [1.29, 1.82) is 0 Å². The molecule has 0 aromatic heterocycles. The fourth-order valence-electron chi connectivity index (χ4n) is 0.542. The second-order valence-electron chi connectivity index (χ2n) is 2.52. The zero-order valence-corrected chi connectivity index (χ0v) is 9.75. The number of hydrogen-bond acceptors (Lipinski definition) is 3. The van der Waals surface area contributed by atoms with Crippen molar-refractivity contribution >= 4 is 18.2 Å². The highest BCUT2D eigenvalue weighted by Gasteiger charge is 1.76. The highest BCUT2D eigenvalue weighted by atomic mass is 32.2. The molecule has 2 N–H and O–H groups in total. The van der Waals surface area contributed by atoms with Crippen LogP contribution in [0.4, 0.5) is 0 Å². The number of hydrogen-bond donors (Lipinski definition) is 2. The molecule has 0 atom stereocenters. The van der Waals surface area contributed by atoms with Gasteiger partial charge in [-0.05, 0) is 19.7 Å². The summed E-state index contributed by atoms with van der Waals surface area (Å²) in [5, 5.41) is 5.62. The van der Waals surface area contributed by atoms with Crippen LogP contribution in [0.15, 0.2) is 0 Å². The van der Waals surface area contributed by atoms with Crippen molar-refractivity contribution in [2.45, 2.75) is 19.8 Å². The van der Waals surface area contributed by atoms with Crippen molar-refractivity contribution in [2.75, 3.05) is 32.1 Å². The predicted octanol–water partition coefficient (Wildman–Crippen LogP) is 1.10. The molecule has 0 radical (unpaired) electrons. The summed E-state index contributed by atoms with van der Waals surface area (Å²) in [6.07, 6.45) is 5.06. The van der Waals surface area contributed by atoms with Gasteiger partial charge in [0.05, 0.1) is 0 Å². The molecule has 0 aliphatic rings. The lowest BCUT2D eigenvalue weighted by Gasteiger charge is -1.90. The molecule has 0 aromatic rings. The van der Waals surface area contributed by atoms with Gasteiger partial charge >= 0.3 is 0 Å². The van der Waals surface area contributed by atoms with E-state index in [9.17, 15) is 4.79 Å². The molecule has 13 heavy (non-hydrogen) atoms. The molecule has 4 heteroatoms. The first-order valence-electron chi connectivity index (χ1n) is 4.64. The molecular formula is C9H22N2OS. The molecule has 0 heterocycles. The average Bonchev–Trinajstić information content (AvgIpc) is 2.17. The van der Waals surface area contributed by atoms with E-state index in [1.165, 1.54) is 5.75 Å². The van der Waals surface area contributed by atoms with Crippen molar-refractivity contribution in [2.24, 2.45) is 0 Å². The maximum absolute atomic E-state index is 9.57. The molecule has 80 valence electrons. The van der Waals surface area contributed by atoms with Crippen LogP contribution in [0.5, 0.6) is 0 Å². The summed E-state index contributed by atoms with van der Waals surface area (Å²) in [6.45, 7) is 4.04. The van der Waals surface area contributed by atoms with Crippen LogP contribution in [-0.2, 0) is 4.79 Å². The van der Waals surface area contributed by atoms with E-state index in [2.05, 4.69) is 23.8 Å². The van der Waals surface area contributed by atoms with Gasteiger partial charge in [0.1, 0.15) is 0 Å². The zero-order valence-electron chi connectivity index (χ0n) is 8.93. The van der Waals surface area contributed by atoms with Crippen LogP contribution in [0.1, 0.15) is 19.8 Å². The Bertz CT molecular complexity index is 87.7. The first-order valence-corrected chi connectivity index (χ1v) is 6.03. The van der Waals surface area contributed by atoms with E-state index in [0.29, 0.717) is 0 Å². The highest BCUT2D eigenvalue weighted by Crippen LogP contribution is 1.85. The van der Waals surface area contributed by atoms with Crippen molar-refractivity contribution in [3.63, 3.8) is 0 Å². The summed E-state index contributed by atoms with van der Waals surface area (Å²) < 4.78 is 0. The summed E-state index contributed by atoms with van der Waals surface area (Å²) >= 11 is 1.86. The van der Waals surface area contributed by atoms with Crippen molar-refractivity contribution in [1.82, 2.24) is 10.6 Å². The van der Waals surface area contributed by atoms with E-state index in [-0.39, 0.29) is 0 Å². The van der Waals surface area contributed by atoms with Crippen LogP contribution in [0.25, 0.3) is 0 Å². The number of thioether (sulfide) groups is 1. The number of amides is 1. The third kappa shape index (κ3) is 24.5. The van der Waals surface area contributed by atoms with E-state index in [1.54, 1.807) is 0 Å². The molecular weight excluding hydrogens is 184 g/mol. The van der Waals surface area contributed by atoms with Gasteiger partial charge in [0.15, 0.2) is 0 Å². The Balaban J connectivity index is 0. The molecule has 0 fully saturated rings. The lowest BCUT2D eigenvalue weighted by atomic mass is 10.3. The topological polar surface area (TPSA) is 41.1 Å². The Hall–Kier alpha value is -0.220. The minimum absolute atomic E-state index is 0.732. The number of unbranched alkanes of at least 4 members (excludes halogenated alkanes) is 1. The van der Waals surface area contributed by atoms with Gasteiger partial charge in [-0.3, -0.25) is 4.79 Å². The standard InChI is InChI=1S/C5H11NO.C4H11NS/c1-2-3-4-6-5-7;1-5-3-4-6-2/h5H,2-4H2,1H3,(H,6,7);5H,3-4H2,1-2H3. The van der Waals surface area contributed by atoms with Gasteiger partial charge in [-0.1, -0.05) is 13.3 Å². The Kier molecular flexibility index (Phi) is 20.8. The van der Waals surface area contributed by atoms with Crippen LogP contribution in [-0.4, -0.2) is 38.6 Å². The van der Waals surface area contributed by atoms with E-state index in [1.807, 2.05) is 18.8 Å². The number of rotatable bonds is 7. The second-order valence-corrected chi connectivity index (χ2v) is 3.51. The first kappa shape index (κ1) is 15.3. The molecule has 0 aliphatic heterocycles. The zero-order chi connectivity index (χ0) is 10.4. The monoisotopic (exact) mass is 206 g/mol. The maximum Gasteiger partial charge on any atom is 0.207 e. The van der Waals surface area contributed by atoms with E-state index in [4.69, 9.17) is 0 Å². The third-order valence-electron chi connectivity index (χ3n) is 1.31. The minimum atomic E-state index is 0.732. The molecule has 3 nitrogen and oxygen atoms in total. The van der Waals surface area contributed by atoms with Crippen LogP contribution >= 0.6 is 11.8 Å². The first-order chi connectivity index (χ1) is 6.33. The van der Waals surface area contributed by atoms with Gasteiger partial charge in [-0.2, -0.15) is 11.8 Å². The SMILES string of the molecule is CCCCNC=O.CNCCSC. The molecule has 0 bridgehead atoms. The van der Waals surface area contributed by atoms with Crippen molar-refractivity contribution in [3.05, 3.63) is 0 Å². The van der Waals surface area contributed by atoms with Gasteiger partial charge in [0, 0.05) is 18.8 Å². The van der Waals surface area contributed by atoms with Crippen LogP contribution in [0, 0.1) is 0 Å². The smallest absolute Gasteiger partial charge is 0.207 e. The lowest BCUT2D eigenvalue weighted by molar-refractivity contribution is -0.109. The van der Waals surface area contributed by atoms with Gasteiger partial charge < -0.3 is 10.6 Å². The number of carbonyl (C=O) groups excluding carboxylic acids is 1. The fraction of sp³-hybridized carbons (Fsp3) is 0.889. The van der Waals surface area contributed by atoms with Gasteiger partial charge in [-0.25, -0.2) is 0 Å². The molecule has 1 amide bonds. The summed E-state index contributed by atoms with van der Waals surface area (Å²) in [5.41, 5.74) is 0. The second kappa shape index (κ2) is 17.8. The largest absolute Gasteiger partial charge is 0.359 e. The van der Waals surface area contributed by atoms with Gasteiger partial charge in [-0.15, -0.1) is 0 Å². The number of nitrogens with one attached hydrogen (secondary N) is 2. The lowest BCUT2D eigenvalue weighted by Crippen LogP contribution is -2.11. The van der Waals surface area contributed by atoms with E-state index >= 15 is 0 Å². The van der Waals surface area contributed by atoms with Gasteiger partial charge in [0.25, 0.3) is 0 Å². The van der Waals surface area contributed by atoms with Crippen molar-refractivity contribution in [3.8, 4) is 0 Å². The normalized spacial score (nSPS) is 8.54. The molecule has 0 rings (SSSR count). The number of carbonyl (C=O) groups is 1. The Labute approximate surface area is 86.0 Å². The summed E-state index contributed by atoms with van der Waals surface area (Å²) in [6, 6.07) is 0. The Morgan fingerprint density at radius 3 is 2.38 bits per heavy atom. The fourth-order valence-corrected chi connectivity index (χ4v) is 0.950. The molecule has 0 saturated heterocycles. The minimum Gasteiger partial charge on any atom is -0.359 e. The Morgan fingerprint density at radius 2 is 2.08 bits per heavy atom. The van der Waals surface area contributed by atoms with E-state index in [0.717, 1.165) is 32.3 Å². The maximum atomic E-state index is 9.57. The molecule has 0 saturated carbocycles. The van der Waals surface area contributed by atoms with Crippen LogP contribution < -0.4 is 10.6 Å². The summed E-state index contributed by atoms with van der Waals surface area (Å²) in [5.74, 6) is 1.22. The third-order valence-corrected chi connectivity index (χ3v) is 1.93. The predicted molar refractivity (Wildman–Crippen MR) is 61.3 cm³/mol. The molecule has 0 aromatic carbocycles. The van der Waals surface area contributed by atoms with Gasteiger partial charge in [0.2, 0.25) is 6.41 Å². The van der Waals surface area contributed by atoms with E-state index < -0.39 is 0 Å². The van der Waals surface area contributed by atoms with Crippen LogP contribution in [0.3, 0.4) is 0 Å².